The lowest BCUT2D eigenvalue weighted by molar-refractivity contribution is -0.109. The molecular formula is C23H22F2N6O2. The Kier molecular flexibility index (Phi) is 5.37. The zero-order chi connectivity index (χ0) is 23.0. The number of nitrogens with one attached hydrogen (secondary N) is 2. The number of alkyl halides is 2. The zero-order valence-corrected chi connectivity index (χ0v) is 17.7. The molecule has 0 aliphatic heterocycles. The predicted molar refractivity (Wildman–Crippen MR) is 117 cm³/mol. The van der Waals surface area contributed by atoms with E-state index in [1.807, 2.05) is 28.9 Å². The van der Waals surface area contributed by atoms with E-state index in [0.29, 0.717) is 24.4 Å². The quantitative estimate of drug-likeness (QED) is 0.449. The summed E-state index contributed by atoms with van der Waals surface area (Å²) in [5.74, 6) is -2.92. The predicted octanol–water partition coefficient (Wildman–Crippen LogP) is 2.41. The van der Waals surface area contributed by atoms with Crippen LogP contribution in [0.5, 0.6) is 0 Å². The molecule has 10 heteroatoms. The average molecular weight is 452 g/mol. The molecule has 0 spiro atoms. The zero-order valence-electron chi connectivity index (χ0n) is 17.7. The Hall–Kier alpha value is -3.66. The molecule has 8 nitrogen and oxygen atoms in total. The summed E-state index contributed by atoms with van der Waals surface area (Å²) in [4.78, 5) is 33.4. The third-order valence-electron chi connectivity index (χ3n) is 5.73. The third-order valence-corrected chi connectivity index (χ3v) is 5.73. The lowest BCUT2D eigenvalue weighted by Gasteiger charge is -2.35. The summed E-state index contributed by atoms with van der Waals surface area (Å²) in [6.07, 6.45) is 5.24. The first kappa shape index (κ1) is 21.2. The number of imidazole rings is 1. The van der Waals surface area contributed by atoms with Crippen molar-refractivity contribution < 1.29 is 13.6 Å². The van der Waals surface area contributed by atoms with Gasteiger partial charge >= 0.3 is 0 Å². The standard InChI is InChI=1S/C23H22F2N6O2/c24-23(25)8-16(9-23)11-26-10-15-4-5-19-28-17(14-30(19)13-15)12-27-22(33)18-7-21(32)31-6-2-1-3-20(31)29-18/h1-7,13-14,16,26H,8-12H2,(H,27,33). The van der Waals surface area contributed by atoms with E-state index in [-0.39, 0.29) is 36.6 Å². The van der Waals surface area contributed by atoms with Gasteiger partial charge in [0.25, 0.3) is 11.5 Å². The molecule has 1 aliphatic rings. The van der Waals surface area contributed by atoms with Crippen LogP contribution >= 0.6 is 0 Å². The number of pyridine rings is 2. The molecule has 1 aliphatic carbocycles. The molecule has 0 atom stereocenters. The second-order valence-electron chi connectivity index (χ2n) is 8.39. The summed E-state index contributed by atoms with van der Waals surface area (Å²) in [6.45, 7) is 1.33. The van der Waals surface area contributed by atoms with E-state index >= 15 is 0 Å². The van der Waals surface area contributed by atoms with Crippen molar-refractivity contribution in [2.75, 3.05) is 6.54 Å². The second-order valence-corrected chi connectivity index (χ2v) is 8.39. The number of carbonyl (C=O) groups is 1. The number of hydrogen-bond donors (Lipinski definition) is 2. The van der Waals surface area contributed by atoms with Crippen LogP contribution in [0.2, 0.25) is 0 Å². The first-order valence-electron chi connectivity index (χ1n) is 10.7. The molecule has 1 amide bonds. The van der Waals surface area contributed by atoms with Gasteiger partial charge in [0.05, 0.1) is 12.2 Å². The summed E-state index contributed by atoms with van der Waals surface area (Å²) in [5.41, 5.74) is 2.50. The molecule has 170 valence electrons. The Morgan fingerprint density at radius 2 is 1.94 bits per heavy atom. The van der Waals surface area contributed by atoms with Crippen LogP contribution in [-0.4, -0.2) is 37.1 Å². The van der Waals surface area contributed by atoms with Crippen LogP contribution in [0.3, 0.4) is 0 Å². The topological polar surface area (TPSA) is 92.8 Å². The number of nitrogens with zero attached hydrogens (tertiary/aromatic N) is 4. The van der Waals surface area contributed by atoms with E-state index in [1.54, 1.807) is 24.4 Å². The highest BCUT2D eigenvalue weighted by Crippen LogP contribution is 2.41. The van der Waals surface area contributed by atoms with Crippen LogP contribution in [-0.2, 0) is 13.1 Å². The van der Waals surface area contributed by atoms with Crippen LogP contribution in [0.25, 0.3) is 11.3 Å². The molecular weight excluding hydrogens is 430 g/mol. The summed E-state index contributed by atoms with van der Waals surface area (Å²) in [5, 5.41) is 5.98. The maximum atomic E-state index is 12.9. The van der Waals surface area contributed by atoms with Crippen LogP contribution in [0.4, 0.5) is 8.78 Å². The lowest BCUT2D eigenvalue weighted by Crippen LogP contribution is -2.40. The fraction of sp³-hybridized carbons (Fsp3) is 0.304. The molecule has 4 aromatic rings. The van der Waals surface area contributed by atoms with Gasteiger partial charge < -0.3 is 15.0 Å². The normalized spacial score (nSPS) is 15.6. The fourth-order valence-electron chi connectivity index (χ4n) is 4.06. The first-order chi connectivity index (χ1) is 15.9. The van der Waals surface area contributed by atoms with E-state index in [4.69, 9.17) is 0 Å². The smallest absolute Gasteiger partial charge is 0.270 e. The number of rotatable bonds is 7. The molecule has 1 fully saturated rings. The molecule has 5 rings (SSSR count). The van der Waals surface area contributed by atoms with Gasteiger partial charge in [-0.3, -0.25) is 14.0 Å². The van der Waals surface area contributed by atoms with Crippen molar-refractivity contribution in [3.8, 4) is 0 Å². The van der Waals surface area contributed by atoms with Gasteiger partial charge in [0, 0.05) is 44.0 Å². The summed E-state index contributed by atoms with van der Waals surface area (Å²) >= 11 is 0. The molecule has 4 aromatic heterocycles. The number of carbonyl (C=O) groups excluding carboxylic acids is 1. The molecule has 0 unspecified atom stereocenters. The Balaban J connectivity index is 1.20. The van der Waals surface area contributed by atoms with E-state index in [0.717, 1.165) is 11.2 Å². The van der Waals surface area contributed by atoms with Crippen molar-refractivity contribution >= 4 is 17.2 Å². The van der Waals surface area contributed by atoms with Gasteiger partial charge in [0.1, 0.15) is 17.0 Å². The Labute approximate surface area is 187 Å². The highest BCUT2D eigenvalue weighted by molar-refractivity contribution is 5.92. The number of hydrogen-bond acceptors (Lipinski definition) is 5. The van der Waals surface area contributed by atoms with E-state index < -0.39 is 11.8 Å². The molecule has 0 saturated heterocycles. The van der Waals surface area contributed by atoms with Gasteiger partial charge in [-0.25, -0.2) is 18.7 Å². The van der Waals surface area contributed by atoms with Crippen LogP contribution < -0.4 is 16.2 Å². The SMILES string of the molecule is O=C(NCc1cn2cc(CNCC3CC(F)(F)C3)ccc2n1)c1cc(=O)n2ccccc2n1. The number of halogens is 2. The fourth-order valence-corrected chi connectivity index (χ4v) is 4.06. The Morgan fingerprint density at radius 1 is 1.09 bits per heavy atom. The maximum Gasteiger partial charge on any atom is 0.270 e. The summed E-state index contributed by atoms with van der Waals surface area (Å²) < 4.78 is 29.1. The number of amides is 1. The highest BCUT2D eigenvalue weighted by Gasteiger charge is 2.44. The number of fused-ring (bicyclic) bond motifs is 2. The molecule has 33 heavy (non-hydrogen) atoms. The molecule has 0 bridgehead atoms. The van der Waals surface area contributed by atoms with E-state index in [1.165, 1.54) is 10.5 Å². The van der Waals surface area contributed by atoms with Crippen molar-refractivity contribution in [1.82, 2.24) is 29.4 Å². The molecule has 0 radical (unpaired) electrons. The highest BCUT2D eigenvalue weighted by atomic mass is 19.3. The van der Waals surface area contributed by atoms with Crippen LogP contribution in [0.15, 0.2) is 59.8 Å². The van der Waals surface area contributed by atoms with Gasteiger partial charge in [0.15, 0.2) is 0 Å². The minimum absolute atomic E-state index is 0.0283. The lowest BCUT2D eigenvalue weighted by atomic mass is 9.81. The first-order valence-corrected chi connectivity index (χ1v) is 10.7. The summed E-state index contributed by atoms with van der Waals surface area (Å²) in [7, 11) is 0. The van der Waals surface area contributed by atoms with Crippen LogP contribution in [0, 0.1) is 5.92 Å². The van der Waals surface area contributed by atoms with Gasteiger partial charge in [-0.1, -0.05) is 12.1 Å². The largest absolute Gasteiger partial charge is 0.345 e. The third kappa shape index (κ3) is 4.61. The minimum atomic E-state index is -2.49. The number of aromatic nitrogens is 4. The van der Waals surface area contributed by atoms with Gasteiger partial charge in [0.2, 0.25) is 5.92 Å². The molecule has 1 saturated carbocycles. The summed E-state index contributed by atoms with van der Waals surface area (Å²) in [6, 6.07) is 10.1. The van der Waals surface area contributed by atoms with E-state index in [2.05, 4.69) is 20.6 Å². The second kappa shape index (κ2) is 8.36. The van der Waals surface area contributed by atoms with Crippen molar-refractivity contribution in [3.05, 3.63) is 82.3 Å². The monoisotopic (exact) mass is 452 g/mol. The van der Waals surface area contributed by atoms with Gasteiger partial charge in [-0.05, 0) is 36.2 Å². The van der Waals surface area contributed by atoms with Gasteiger partial charge in [-0.15, -0.1) is 0 Å². The Bertz CT molecular complexity index is 1390. The molecule has 4 heterocycles. The van der Waals surface area contributed by atoms with E-state index in [9.17, 15) is 18.4 Å². The van der Waals surface area contributed by atoms with Crippen molar-refractivity contribution in [3.63, 3.8) is 0 Å². The van der Waals surface area contributed by atoms with Crippen LogP contribution in [0.1, 0.15) is 34.6 Å². The van der Waals surface area contributed by atoms with Crippen molar-refractivity contribution in [2.24, 2.45) is 5.92 Å². The molecule has 2 N–H and O–H groups in total. The van der Waals surface area contributed by atoms with Crippen molar-refractivity contribution in [2.45, 2.75) is 31.9 Å². The minimum Gasteiger partial charge on any atom is -0.345 e. The maximum absolute atomic E-state index is 12.9. The van der Waals surface area contributed by atoms with Crippen molar-refractivity contribution in [1.29, 1.82) is 0 Å². The molecule has 0 aromatic carbocycles. The Morgan fingerprint density at radius 3 is 2.76 bits per heavy atom. The average Bonchev–Trinajstić information content (AvgIpc) is 3.18. The van der Waals surface area contributed by atoms with Gasteiger partial charge in [-0.2, -0.15) is 0 Å².